The summed E-state index contributed by atoms with van der Waals surface area (Å²) in [5.41, 5.74) is 1.55. The summed E-state index contributed by atoms with van der Waals surface area (Å²) in [6, 6.07) is 3.81. The molecule has 106 valence electrons. The fourth-order valence-electron chi connectivity index (χ4n) is 2.02. The Morgan fingerprint density at radius 2 is 1.85 bits per heavy atom. The van der Waals surface area contributed by atoms with Gasteiger partial charge in [0.2, 0.25) is 0 Å². The van der Waals surface area contributed by atoms with E-state index in [1.807, 2.05) is 22.4 Å². The summed E-state index contributed by atoms with van der Waals surface area (Å²) in [5.74, 6) is 0.0326. The Hall–Kier alpha value is -1.75. The molecule has 0 aliphatic carbocycles. The first kappa shape index (κ1) is 14.7. The Morgan fingerprint density at radius 1 is 1.20 bits per heavy atom. The van der Waals surface area contributed by atoms with Gasteiger partial charge in [0.05, 0.1) is 0 Å². The van der Waals surface area contributed by atoms with Gasteiger partial charge in [0, 0.05) is 36.4 Å². The highest BCUT2D eigenvalue weighted by Gasteiger charge is 2.17. The molecule has 0 bridgehead atoms. The Bertz CT molecular complexity index is 547. The second-order valence-corrected chi connectivity index (χ2v) is 5.42. The maximum atomic E-state index is 12.4. The zero-order chi connectivity index (χ0) is 14.4. The van der Waals surface area contributed by atoms with E-state index in [2.05, 4.69) is 23.8 Å². The topological polar surface area (TPSA) is 46.1 Å². The molecule has 2 rings (SSSR count). The zero-order valence-corrected chi connectivity index (χ0v) is 12.7. The van der Waals surface area contributed by atoms with Gasteiger partial charge in [-0.3, -0.25) is 9.78 Å². The molecule has 0 aliphatic rings. The van der Waals surface area contributed by atoms with Crippen LogP contribution in [0.3, 0.4) is 0 Å². The number of thiazole rings is 1. The summed E-state index contributed by atoms with van der Waals surface area (Å²) in [7, 11) is 0. The average molecular weight is 289 g/mol. The predicted octanol–water partition coefficient (Wildman–Crippen LogP) is 3.47. The molecule has 1 amide bonds. The smallest absolute Gasteiger partial charge is 0.273 e. The quantitative estimate of drug-likeness (QED) is 0.818. The first-order valence-electron chi connectivity index (χ1n) is 6.91. The lowest BCUT2D eigenvalue weighted by Crippen LogP contribution is -2.32. The summed E-state index contributed by atoms with van der Waals surface area (Å²) < 4.78 is 0. The van der Waals surface area contributed by atoms with Crippen LogP contribution in [0.5, 0.6) is 0 Å². The molecule has 2 aromatic heterocycles. The average Bonchev–Trinajstić information content (AvgIpc) is 2.97. The van der Waals surface area contributed by atoms with Crippen LogP contribution in [0.15, 0.2) is 29.9 Å². The molecule has 0 spiro atoms. The SMILES string of the molecule is CCCN(CCC)C(=O)c1csc(-c2ccncc2)n1. The second kappa shape index (κ2) is 7.14. The lowest BCUT2D eigenvalue weighted by atomic mass is 10.3. The maximum Gasteiger partial charge on any atom is 0.273 e. The molecule has 2 aromatic rings. The summed E-state index contributed by atoms with van der Waals surface area (Å²) in [5, 5.41) is 2.71. The number of pyridine rings is 1. The van der Waals surface area contributed by atoms with Crippen LogP contribution in [-0.2, 0) is 0 Å². The number of nitrogens with zero attached hydrogens (tertiary/aromatic N) is 3. The molecular weight excluding hydrogens is 270 g/mol. The number of carbonyl (C=O) groups excluding carboxylic acids is 1. The molecule has 0 fully saturated rings. The summed E-state index contributed by atoms with van der Waals surface area (Å²) in [4.78, 5) is 22.8. The summed E-state index contributed by atoms with van der Waals surface area (Å²) in [6.07, 6.45) is 5.40. The van der Waals surface area contributed by atoms with Crippen LogP contribution in [-0.4, -0.2) is 33.9 Å². The van der Waals surface area contributed by atoms with E-state index in [0.717, 1.165) is 36.5 Å². The van der Waals surface area contributed by atoms with Crippen molar-refractivity contribution in [3.05, 3.63) is 35.6 Å². The predicted molar refractivity (Wildman–Crippen MR) is 81.8 cm³/mol. The highest BCUT2D eigenvalue weighted by molar-refractivity contribution is 7.13. The number of rotatable bonds is 6. The molecule has 5 heteroatoms. The Kier molecular flexibility index (Phi) is 5.24. The third-order valence-corrected chi connectivity index (χ3v) is 3.82. The minimum Gasteiger partial charge on any atom is -0.337 e. The Labute approximate surface area is 123 Å². The minimum absolute atomic E-state index is 0.0326. The van der Waals surface area contributed by atoms with Gasteiger partial charge in [-0.1, -0.05) is 13.8 Å². The normalized spacial score (nSPS) is 10.5. The number of aromatic nitrogens is 2. The van der Waals surface area contributed by atoms with E-state index in [4.69, 9.17) is 0 Å². The van der Waals surface area contributed by atoms with Gasteiger partial charge in [0.15, 0.2) is 0 Å². The Balaban J connectivity index is 2.17. The third-order valence-electron chi connectivity index (χ3n) is 2.92. The van der Waals surface area contributed by atoms with E-state index >= 15 is 0 Å². The summed E-state index contributed by atoms with van der Waals surface area (Å²) >= 11 is 1.50. The van der Waals surface area contributed by atoms with Gasteiger partial charge in [-0.25, -0.2) is 4.98 Å². The first-order chi connectivity index (χ1) is 9.76. The van der Waals surface area contributed by atoms with E-state index in [-0.39, 0.29) is 5.91 Å². The van der Waals surface area contributed by atoms with Crippen LogP contribution in [0.2, 0.25) is 0 Å². The highest BCUT2D eigenvalue weighted by Crippen LogP contribution is 2.23. The largest absolute Gasteiger partial charge is 0.337 e. The van der Waals surface area contributed by atoms with Crippen molar-refractivity contribution in [1.82, 2.24) is 14.9 Å². The molecule has 4 nitrogen and oxygen atoms in total. The lowest BCUT2D eigenvalue weighted by Gasteiger charge is -2.20. The second-order valence-electron chi connectivity index (χ2n) is 4.57. The van der Waals surface area contributed by atoms with Crippen molar-refractivity contribution in [1.29, 1.82) is 0 Å². The summed E-state index contributed by atoms with van der Waals surface area (Å²) in [6.45, 7) is 5.74. The van der Waals surface area contributed by atoms with Crippen molar-refractivity contribution in [3.8, 4) is 10.6 Å². The van der Waals surface area contributed by atoms with Crippen LogP contribution in [0.4, 0.5) is 0 Å². The number of amides is 1. The van der Waals surface area contributed by atoms with Crippen LogP contribution < -0.4 is 0 Å². The lowest BCUT2D eigenvalue weighted by molar-refractivity contribution is 0.0750. The van der Waals surface area contributed by atoms with Crippen LogP contribution in [0.25, 0.3) is 10.6 Å². The standard InChI is InChI=1S/C15H19N3OS/c1-3-9-18(10-4-2)15(19)13-11-20-14(17-13)12-5-7-16-8-6-12/h5-8,11H,3-4,9-10H2,1-2H3. The van der Waals surface area contributed by atoms with E-state index < -0.39 is 0 Å². The fraction of sp³-hybridized carbons (Fsp3) is 0.400. The van der Waals surface area contributed by atoms with Gasteiger partial charge in [-0.15, -0.1) is 11.3 Å². The molecule has 0 N–H and O–H groups in total. The van der Waals surface area contributed by atoms with Crippen LogP contribution >= 0.6 is 11.3 Å². The molecule has 0 aromatic carbocycles. The molecule has 0 saturated carbocycles. The monoisotopic (exact) mass is 289 g/mol. The van der Waals surface area contributed by atoms with Gasteiger partial charge >= 0.3 is 0 Å². The van der Waals surface area contributed by atoms with E-state index in [0.29, 0.717) is 5.69 Å². The molecule has 0 aliphatic heterocycles. The molecule has 0 unspecified atom stereocenters. The maximum absolute atomic E-state index is 12.4. The van der Waals surface area contributed by atoms with Gasteiger partial charge in [0.1, 0.15) is 10.7 Å². The van der Waals surface area contributed by atoms with Crippen LogP contribution in [0, 0.1) is 0 Å². The number of hydrogen-bond acceptors (Lipinski definition) is 4. The third kappa shape index (κ3) is 3.42. The van der Waals surface area contributed by atoms with Crippen molar-refractivity contribution >= 4 is 17.2 Å². The van der Waals surface area contributed by atoms with Crippen LogP contribution in [0.1, 0.15) is 37.2 Å². The van der Waals surface area contributed by atoms with Gasteiger partial charge in [0.25, 0.3) is 5.91 Å². The van der Waals surface area contributed by atoms with E-state index in [1.54, 1.807) is 12.4 Å². The van der Waals surface area contributed by atoms with E-state index in [9.17, 15) is 4.79 Å². The highest BCUT2D eigenvalue weighted by atomic mass is 32.1. The van der Waals surface area contributed by atoms with Crippen molar-refractivity contribution < 1.29 is 4.79 Å². The fourth-order valence-corrected chi connectivity index (χ4v) is 2.82. The Morgan fingerprint density at radius 3 is 2.45 bits per heavy atom. The number of carbonyl (C=O) groups is 1. The van der Waals surface area contributed by atoms with E-state index in [1.165, 1.54) is 11.3 Å². The molecule has 0 saturated heterocycles. The first-order valence-corrected chi connectivity index (χ1v) is 7.79. The zero-order valence-electron chi connectivity index (χ0n) is 11.9. The molecule has 0 radical (unpaired) electrons. The molecule has 0 atom stereocenters. The number of hydrogen-bond donors (Lipinski definition) is 0. The van der Waals surface area contributed by atoms with Gasteiger partial charge in [-0.2, -0.15) is 0 Å². The molecule has 20 heavy (non-hydrogen) atoms. The minimum atomic E-state index is 0.0326. The van der Waals surface area contributed by atoms with Crippen molar-refractivity contribution in [2.45, 2.75) is 26.7 Å². The van der Waals surface area contributed by atoms with Crippen molar-refractivity contribution in [3.63, 3.8) is 0 Å². The van der Waals surface area contributed by atoms with Crippen molar-refractivity contribution in [2.24, 2.45) is 0 Å². The van der Waals surface area contributed by atoms with Gasteiger partial charge < -0.3 is 4.90 Å². The van der Waals surface area contributed by atoms with Crippen molar-refractivity contribution in [2.75, 3.05) is 13.1 Å². The molecule has 2 heterocycles. The molecular formula is C15H19N3OS. The van der Waals surface area contributed by atoms with Gasteiger partial charge in [-0.05, 0) is 25.0 Å².